The molecular weight excluding hydrogens is 470 g/mol. The Bertz CT molecular complexity index is 1010. The average Bonchev–Trinajstić information content (AvgIpc) is 2.82. The number of rotatable bonds is 5. The predicted molar refractivity (Wildman–Crippen MR) is 133 cm³/mol. The number of carbonyl (C=O) groups excluding carboxylic acids is 2. The second kappa shape index (κ2) is 11.9. The molecule has 0 bridgehead atoms. The molecule has 8 nitrogen and oxygen atoms in total. The molecule has 0 spiro atoms. The van der Waals surface area contributed by atoms with Crippen molar-refractivity contribution in [2.75, 3.05) is 25.1 Å². The standard InChI is InChI=1S/C26H32ClN3O5/c1-17(18-6-3-2-4-7-18)28-25(32)13-22-10-11-23-24(35-22)16-34-15-21(31)14-30(23)26(33)29-20-9-5-8-19(27)12-20/h2-9,12,17,21-24,31H,10-11,13-16H2,1H3,(H,28,32)(H,29,33)/t17-,21-,22+,23-,24+/m1/s1. The van der Waals surface area contributed by atoms with E-state index >= 15 is 0 Å². The van der Waals surface area contributed by atoms with Crippen LogP contribution in [-0.2, 0) is 14.3 Å². The molecule has 0 aliphatic carbocycles. The van der Waals surface area contributed by atoms with Crippen molar-refractivity contribution in [1.82, 2.24) is 10.2 Å². The molecule has 2 saturated heterocycles. The number of urea groups is 1. The van der Waals surface area contributed by atoms with Crippen LogP contribution >= 0.6 is 11.6 Å². The first-order valence-corrected chi connectivity index (χ1v) is 12.4. The Morgan fingerprint density at radius 2 is 1.94 bits per heavy atom. The SMILES string of the molecule is C[C@@H](NC(=O)C[C@@H]1CC[C@@H]2[C@H](COC[C@H](O)CN2C(=O)Nc2cccc(Cl)c2)O1)c1ccccc1. The average molecular weight is 502 g/mol. The van der Waals surface area contributed by atoms with Crippen LogP contribution in [0.4, 0.5) is 10.5 Å². The van der Waals surface area contributed by atoms with Gasteiger partial charge in [-0.3, -0.25) is 4.79 Å². The molecule has 35 heavy (non-hydrogen) atoms. The quantitative estimate of drug-likeness (QED) is 0.579. The summed E-state index contributed by atoms with van der Waals surface area (Å²) in [5.41, 5.74) is 1.62. The smallest absolute Gasteiger partial charge is 0.322 e. The Balaban J connectivity index is 1.38. The van der Waals surface area contributed by atoms with Gasteiger partial charge < -0.3 is 30.1 Å². The number of aliphatic hydroxyl groups is 1. The van der Waals surface area contributed by atoms with E-state index in [-0.39, 0.29) is 56.3 Å². The third kappa shape index (κ3) is 6.95. The minimum absolute atomic E-state index is 0.0810. The zero-order valence-corrected chi connectivity index (χ0v) is 20.5. The van der Waals surface area contributed by atoms with Crippen molar-refractivity contribution < 1.29 is 24.2 Å². The van der Waals surface area contributed by atoms with Gasteiger partial charge in [0.2, 0.25) is 5.91 Å². The lowest BCUT2D eigenvalue weighted by atomic mass is 9.94. The molecule has 4 rings (SSSR count). The van der Waals surface area contributed by atoms with Gasteiger partial charge in [0.1, 0.15) is 6.10 Å². The van der Waals surface area contributed by atoms with Crippen LogP contribution in [0.25, 0.3) is 0 Å². The topological polar surface area (TPSA) is 100 Å². The number of hydrogen-bond donors (Lipinski definition) is 3. The lowest BCUT2D eigenvalue weighted by Crippen LogP contribution is -2.58. The highest BCUT2D eigenvalue weighted by Gasteiger charge is 2.40. The molecule has 2 aliphatic heterocycles. The minimum Gasteiger partial charge on any atom is -0.389 e. The number of amides is 3. The lowest BCUT2D eigenvalue weighted by molar-refractivity contribution is -0.150. The number of benzene rings is 2. The van der Waals surface area contributed by atoms with E-state index in [4.69, 9.17) is 21.1 Å². The van der Waals surface area contributed by atoms with E-state index in [1.807, 2.05) is 37.3 Å². The van der Waals surface area contributed by atoms with Crippen molar-refractivity contribution in [2.45, 2.75) is 56.6 Å². The van der Waals surface area contributed by atoms with Crippen LogP contribution in [-0.4, -0.2) is 66.1 Å². The Labute approximate surface area is 210 Å². The molecule has 0 aromatic heterocycles. The molecule has 2 aromatic carbocycles. The third-order valence-corrected chi connectivity index (χ3v) is 6.64. The number of hydrogen-bond acceptors (Lipinski definition) is 5. The van der Waals surface area contributed by atoms with E-state index < -0.39 is 12.2 Å². The number of anilines is 1. The number of ether oxygens (including phenoxy) is 2. The highest BCUT2D eigenvalue weighted by molar-refractivity contribution is 6.30. The fourth-order valence-corrected chi connectivity index (χ4v) is 4.86. The molecule has 2 aromatic rings. The van der Waals surface area contributed by atoms with Gasteiger partial charge in [-0.05, 0) is 43.5 Å². The van der Waals surface area contributed by atoms with Gasteiger partial charge in [0.05, 0.1) is 50.5 Å². The highest BCUT2D eigenvalue weighted by atomic mass is 35.5. The summed E-state index contributed by atoms with van der Waals surface area (Å²) in [5, 5.41) is 16.7. The molecule has 0 saturated carbocycles. The first-order valence-electron chi connectivity index (χ1n) is 12.0. The van der Waals surface area contributed by atoms with Gasteiger partial charge >= 0.3 is 6.03 Å². The molecule has 2 fully saturated rings. The van der Waals surface area contributed by atoms with Crippen LogP contribution in [0.3, 0.4) is 0 Å². The summed E-state index contributed by atoms with van der Waals surface area (Å²) < 4.78 is 11.9. The number of carbonyl (C=O) groups is 2. The largest absolute Gasteiger partial charge is 0.389 e. The fraction of sp³-hybridized carbons (Fsp3) is 0.462. The minimum atomic E-state index is -0.802. The maximum Gasteiger partial charge on any atom is 0.322 e. The van der Waals surface area contributed by atoms with Crippen molar-refractivity contribution in [3.05, 3.63) is 65.2 Å². The van der Waals surface area contributed by atoms with Crippen molar-refractivity contribution in [3.63, 3.8) is 0 Å². The summed E-state index contributed by atoms with van der Waals surface area (Å²) >= 11 is 6.05. The molecule has 3 N–H and O–H groups in total. The number of fused-ring (bicyclic) bond motifs is 1. The second-order valence-electron chi connectivity index (χ2n) is 9.13. The number of aliphatic hydroxyl groups excluding tert-OH is 1. The van der Waals surface area contributed by atoms with Crippen LogP contribution in [0.2, 0.25) is 5.02 Å². The van der Waals surface area contributed by atoms with Crippen LogP contribution in [0.15, 0.2) is 54.6 Å². The van der Waals surface area contributed by atoms with Gasteiger partial charge in [-0.1, -0.05) is 48.0 Å². The third-order valence-electron chi connectivity index (χ3n) is 6.41. The van der Waals surface area contributed by atoms with Crippen LogP contribution in [0.1, 0.15) is 37.8 Å². The van der Waals surface area contributed by atoms with Gasteiger partial charge in [0, 0.05) is 10.7 Å². The highest BCUT2D eigenvalue weighted by Crippen LogP contribution is 2.29. The van der Waals surface area contributed by atoms with Gasteiger partial charge in [0.25, 0.3) is 0 Å². The number of nitrogens with zero attached hydrogens (tertiary/aromatic N) is 1. The Morgan fingerprint density at radius 3 is 2.71 bits per heavy atom. The second-order valence-corrected chi connectivity index (χ2v) is 9.57. The van der Waals surface area contributed by atoms with Gasteiger partial charge in [-0.2, -0.15) is 0 Å². The first kappa shape index (κ1) is 25.4. The van der Waals surface area contributed by atoms with E-state index in [9.17, 15) is 14.7 Å². The molecule has 2 heterocycles. The Kier molecular flexibility index (Phi) is 8.62. The molecule has 5 atom stereocenters. The molecule has 0 unspecified atom stereocenters. The molecule has 2 aliphatic rings. The van der Waals surface area contributed by atoms with Crippen molar-refractivity contribution in [1.29, 1.82) is 0 Å². The van der Waals surface area contributed by atoms with Crippen molar-refractivity contribution >= 4 is 29.2 Å². The van der Waals surface area contributed by atoms with E-state index in [0.717, 1.165) is 5.56 Å². The van der Waals surface area contributed by atoms with E-state index in [1.54, 1.807) is 29.2 Å². The summed E-state index contributed by atoms with van der Waals surface area (Å²) in [7, 11) is 0. The van der Waals surface area contributed by atoms with Crippen LogP contribution in [0.5, 0.6) is 0 Å². The lowest BCUT2D eigenvalue weighted by Gasteiger charge is -2.44. The summed E-state index contributed by atoms with van der Waals surface area (Å²) in [6, 6.07) is 16.0. The van der Waals surface area contributed by atoms with Gasteiger partial charge in [-0.25, -0.2) is 4.79 Å². The molecule has 9 heteroatoms. The Hall–Kier alpha value is -2.65. The van der Waals surface area contributed by atoms with Gasteiger partial charge in [0.15, 0.2) is 0 Å². The maximum atomic E-state index is 13.2. The summed E-state index contributed by atoms with van der Waals surface area (Å²) in [6.45, 7) is 2.42. The number of halogens is 1. The summed E-state index contributed by atoms with van der Waals surface area (Å²) in [5.74, 6) is -0.0810. The summed E-state index contributed by atoms with van der Waals surface area (Å²) in [6.07, 6.45) is 0.0126. The molecule has 3 amide bonds. The fourth-order valence-electron chi connectivity index (χ4n) is 4.67. The molecule has 0 radical (unpaired) electrons. The molecule has 188 valence electrons. The predicted octanol–water partition coefficient (Wildman–Crippen LogP) is 3.75. The van der Waals surface area contributed by atoms with Gasteiger partial charge in [-0.15, -0.1) is 0 Å². The van der Waals surface area contributed by atoms with Crippen LogP contribution in [0, 0.1) is 0 Å². The van der Waals surface area contributed by atoms with E-state index in [1.165, 1.54) is 0 Å². The Morgan fingerprint density at radius 1 is 1.14 bits per heavy atom. The van der Waals surface area contributed by atoms with Crippen molar-refractivity contribution in [2.24, 2.45) is 0 Å². The zero-order chi connectivity index (χ0) is 24.8. The summed E-state index contributed by atoms with van der Waals surface area (Å²) in [4.78, 5) is 27.5. The molecular formula is C26H32ClN3O5. The zero-order valence-electron chi connectivity index (χ0n) is 19.7. The number of β-amino-alcohol motifs (C(OH)–C–C–N with tert-alkyl or cyclic N) is 1. The van der Waals surface area contributed by atoms with E-state index in [0.29, 0.717) is 23.6 Å². The monoisotopic (exact) mass is 501 g/mol. The van der Waals surface area contributed by atoms with Crippen LogP contribution < -0.4 is 10.6 Å². The number of nitrogens with one attached hydrogen (secondary N) is 2. The maximum absolute atomic E-state index is 13.2. The van der Waals surface area contributed by atoms with Crippen molar-refractivity contribution in [3.8, 4) is 0 Å². The normalized spacial score (nSPS) is 25.5. The first-order chi connectivity index (χ1) is 16.9. The van der Waals surface area contributed by atoms with E-state index in [2.05, 4.69) is 10.6 Å².